The number of urea groups is 1. The summed E-state index contributed by atoms with van der Waals surface area (Å²) in [5.74, 6) is -0.233. The Morgan fingerprint density at radius 1 is 1.43 bits per heavy atom. The predicted octanol–water partition coefficient (Wildman–Crippen LogP) is 2.61. The number of aryl methyl sites for hydroxylation is 1. The minimum absolute atomic E-state index is 0.0221. The number of hydrogen-bond acceptors (Lipinski definition) is 4. The molecular formula is C14H24N4O2S. The third kappa shape index (κ3) is 6.12. The maximum Gasteiger partial charge on any atom is 0.318 e. The highest BCUT2D eigenvalue weighted by molar-refractivity contribution is 7.15. The van der Waals surface area contributed by atoms with Crippen LogP contribution in [0.2, 0.25) is 0 Å². The van der Waals surface area contributed by atoms with Gasteiger partial charge in [-0.15, -0.1) is 11.3 Å². The number of amides is 3. The van der Waals surface area contributed by atoms with Gasteiger partial charge in [0.25, 0.3) is 0 Å². The van der Waals surface area contributed by atoms with Crippen molar-refractivity contribution in [3.8, 4) is 0 Å². The van der Waals surface area contributed by atoms with Gasteiger partial charge in [-0.25, -0.2) is 9.78 Å². The van der Waals surface area contributed by atoms with E-state index in [1.54, 1.807) is 6.20 Å². The zero-order chi connectivity index (χ0) is 15.8. The first-order chi connectivity index (χ1) is 9.93. The van der Waals surface area contributed by atoms with Crippen molar-refractivity contribution in [2.24, 2.45) is 0 Å². The van der Waals surface area contributed by atoms with Crippen molar-refractivity contribution in [1.82, 2.24) is 15.2 Å². The Bertz CT molecular complexity index is 473. The van der Waals surface area contributed by atoms with E-state index >= 15 is 0 Å². The summed E-state index contributed by atoms with van der Waals surface area (Å²) in [6, 6.07) is -0.251. The molecule has 1 rings (SSSR count). The number of carbonyl (C=O) groups excluding carboxylic acids is 2. The first kappa shape index (κ1) is 17.4. The molecule has 0 aliphatic heterocycles. The SMILES string of the molecule is CCCCNC(=O)N(CC(=O)Nc1ncc(C)s1)C(C)C. The van der Waals surface area contributed by atoms with Gasteiger partial charge < -0.3 is 15.5 Å². The quantitative estimate of drug-likeness (QED) is 0.760. The predicted molar refractivity (Wildman–Crippen MR) is 85.6 cm³/mol. The molecule has 21 heavy (non-hydrogen) atoms. The van der Waals surface area contributed by atoms with Crippen molar-refractivity contribution in [2.45, 2.75) is 46.6 Å². The molecule has 0 aromatic carbocycles. The maximum atomic E-state index is 12.1. The number of thiazole rings is 1. The van der Waals surface area contributed by atoms with Gasteiger partial charge in [0.05, 0.1) is 0 Å². The fourth-order valence-corrected chi connectivity index (χ4v) is 2.37. The number of rotatable bonds is 7. The van der Waals surface area contributed by atoms with E-state index in [1.165, 1.54) is 16.2 Å². The molecule has 0 atom stereocenters. The van der Waals surface area contributed by atoms with Crippen LogP contribution in [0.25, 0.3) is 0 Å². The van der Waals surface area contributed by atoms with Crippen molar-refractivity contribution in [3.63, 3.8) is 0 Å². The highest BCUT2D eigenvalue weighted by Crippen LogP contribution is 2.16. The number of nitrogens with zero attached hydrogens (tertiary/aromatic N) is 2. The highest BCUT2D eigenvalue weighted by Gasteiger charge is 2.20. The molecule has 0 unspecified atom stereocenters. The molecule has 0 saturated heterocycles. The van der Waals surface area contributed by atoms with E-state index in [0.717, 1.165) is 17.7 Å². The van der Waals surface area contributed by atoms with Gasteiger partial charge in [0.2, 0.25) is 5.91 Å². The van der Waals surface area contributed by atoms with E-state index in [9.17, 15) is 9.59 Å². The van der Waals surface area contributed by atoms with Crippen molar-refractivity contribution in [2.75, 3.05) is 18.4 Å². The summed E-state index contributed by atoms with van der Waals surface area (Å²) in [5, 5.41) is 6.11. The summed E-state index contributed by atoms with van der Waals surface area (Å²) in [6.45, 7) is 8.42. The van der Waals surface area contributed by atoms with E-state index < -0.39 is 0 Å². The first-order valence-corrected chi connectivity index (χ1v) is 8.02. The van der Waals surface area contributed by atoms with Crippen LogP contribution in [0.15, 0.2) is 6.20 Å². The van der Waals surface area contributed by atoms with E-state index in [0.29, 0.717) is 11.7 Å². The number of nitrogens with one attached hydrogen (secondary N) is 2. The van der Waals surface area contributed by atoms with Crippen LogP contribution in [0.4, 0.5) is 9.93 Å². The normalized spacial score (nSPS) is 10.5. The molecule has 0 saturated carbocycles. The second-order valence-electron chi connectivity index (χ2n) is 5.13. The fourth-order valence-electron chi connectivity index (χ4n) is 1.69. The molecule has 7 heteroatoms. The zero-order valence-corrected chi connectivity index (χ0v) is 13.9. The monoisotopic (exact) mass is 312 g/mol. The Morgan fingerprint density at radius 3 is 2.67 bits per heavy atom. The Hall–Kier alpha value is -1.63. The Labute approximate surface area is 129 Å². The van der Waals surface area contributed by atoms with Gasteiger partial charge in [-0.3, -0.25) is 4.79 Å². The molecular weight excluding hydrogens is 288 g/mol. The lowest BCUT2D eigenvalue weighted by Crippen LogP contribution is -2.47. The molecule has 3 amide bonds. The summed E-state index contributed by atoms with van der Waals surface area (Å²) < 4.78 is 0. The van der Waals surface area contributed by atoms with E-state index in [1.807, 2.05) is 20.8 Å². The van der Waals surface area contributed by atoms with Gasteiger partial charge >= 0.3 is 6.03 Å². The molecule has 0 spiro atoms. The van der Waals surface area contributed by atoms with E-state index in [2.05, 4.69) is 22.5 Å². The Kier molecular flexibility index (Phi) is 7.14. The number of aromatic nitrogens is 1. The van der Waals surface area contributed by atoms with Crippen LogP contribution in [0.3, 0.4) is 0 Å². The molecule has 2 N–H and O–H groups in total. The zero-order valence-electron chi connectivity index (χ0n) is 13.1. The van der Waals surface area contributed by atoms with E-state index in [4.69, 9.17) is 0 Å². The van der Waals surface area contributed by atoms with Gasteiger partial charge in [0, 0.05) is 23.7 Å². The third-order valence-electron chi connectivity index (χ3n) is 2.87. The highest BCUT2D eigenvalue weighted by atomic mass is 32.1. The first-order valence-electron chi connectivity index (χ1n) is 7.20. The van der Waals surface area contributed by atoms with Crippen LogP contribution in [0.5, 0.6) is 0 Å². The lowest BCUT2D eigenvalue weighted by molar-refractivity contribution is -0.117. The van der Waals surface area contributed by atoms with Gasteiger partial charge in [-0.2, -0.15) is 0 Å². The molecule has 1 aromatic heterocycles. The molecule has 1 aromatic rings. The number of hydrogen-bond donors (Lipinski definition) is 2. The average molecular weight is 312 g/mol. The summed E-state index contributed by atoms with van der Waals surface area (Å²) in [5.41, 5.74) is 0. The molecule has 0 aliphatic rings. The van der Waals surface area contributed by atoms with Crippen LogP contribution in [0, 0.1) is 6.92 Å². The third-order valence-corrected chi connectivity index (χ3v) is 3.70. The van der Waals surface area contributed by atoms with Crippen molar-refractivity contribution >= 4 is 28.4 Å². The van der Waals surface area contributed by atoms with Crippen molar-refractivity contribution in [3.05, 3.63) is 11.1 Å². The molecule has 0 radical (unpaired) electrons. The fraction of sp³-hybridized carbons (Fsp3) is 0.643. The molecule has 0 bridgehead atoms. The summed E-state index contributed by atoms with van der Waals surface area (Å²) in [6.07, 6.45) is 3.66. The lowest BCUT2D eigenvalue weighted by atomic mass is 10.3. The molecule has 0 aliphatic carbocycles. The number of anilines is 1. The van der Waals surface area contributed by atoms with Crippen LogP contribution >= 0.6 is 11.3 Å². The largest absolute Gasteiger partial charge is 0.338 e. The molecule has 0 fully saturated rings. The summed E-state index contributed by atoms with van der Waals surface area (Å²) >= 11 is 1.41. The second kappa shape index (κ2) is 8.61. The minimum atomic E-state index is -0.233. The minimum Gasteiger partial charge on any atom is -0.338 e. The summed E-state index contributed by atoms with van der Waals surface area (Å²) in [7, 11) is 0. The van der Waals surface area contributed by atoms with Crippen LogP contribution in [0.1, 0.15) is 38.5 Å². The smallest absolute Gasteiger partial charge is 0.318 e. The van der Waals surface area contributed by atoms with Gasteiger partial charge in [-0.1, -0.05) is 13.3 Å². The van der Waals surface area contributed by atoms with E-state index in [-0.39, 0.29) is 24.5 Å². The van der Waals surface area contributed by atoms with Crippen LogP contribution < -0.4 is 10.6 Å². The Morgan fingerprint density at radius 2 is 2.14 bits per heavy atom. The number of carbonyl (C=O) groups is 2. The second-order valence-corrected chi connectivity index (χ2v) is 6.37. The summed E-state index contributed by atoms with van der Waals surface area (Å²) in [4.78, 5) is 30.7. The van der Waals surface area contributed by atoms with Gasteiger partial charge in [0.15, 0.2) is 5.13 Å². The Balaban J connectivity index is 2.53. The topological polar surface area (TPSA) is 74.3 Å². The molecule has 6 nitrogen and oxygen atoms in total. The van der Waals surface area contributed by atoms with Crippen LogP contribution in [-0.2, 0) is 4.79 Å². The molecule has 1 heterocycles. The van der Waals surface area contributed by atoms with Gasteiger partial charge in [0.1, 0.15) is 6.54 Å². The average Bonchev–Trinajstić information content (AvgIpc) is 2.81. The number of unbranched alkanes of at least 4 members (excludes halogenated alkanes) is 1. The van der Waals surface area contributed by atoms with Crippen LogP contribution in [-0.4, -0.2) is 41.0 Å². The van der Waals surface area contributed by atoms with Crippen molar-refractivity contribution < 1.29 is 9.59 Å². The van der Waals surface area contributed by atoms with Crippen molar-refractivity contribution in [1.29, 1.82) is 0 Å². The van der Waals surface area contributed by atoms with Gasteiger partial charge in [-0.05, 0) is 27.2 Å². The standard InChI is InChI=1S/C14H24N4O2S/c1-5-6-7-15-14(20)18(10(2)3)9-12(19)17-13-16-8-11(4)21-13/h8,10H,5-7,9H2,1-4H3,(H,15,20)(H,16,17,19). The maximum absolute atomic E-state index is 12.1. The lowest BCUT2D eigenvalue weighted by Gasteiger charge is -2.26. The molecule has 118 valence electrons.